The Bertz CT molecular complexity index is 2240. The Morgan fingerprint density at radius 1 is 1.02 bits per heavy atom. The number of aryl methyl sites for hydroxylation is 3. The molecule has 0 atom stereocenters. The van der Waals surface area contributed by atoms with Gasteiger partial charge in [-0.1, -0.05) is 41.9 Å². The number of rotatable bonds is 4. The van der Waals surface area contributed by atoms with Gasteiger partial charge in [0.1, 0.15) is 11.4 Å². The van der Waals surface area contributed by atoms with Crippen molar-refractivity contribution in [2.24, 2.45) is 14.1 Å². The van der Waals surface area contributed by atoms with Gasteiger partial charge in [0.2, 0.25) is 0 Å². The van der Waals surface area contributed by atoms with E-state index in [9.17, 15) is 9.90 Å². The Balaban J connectivity index is 1.35. The largest absolute Gasteiger partial charge is 0.493 e. The molecule has 0 saturated heterocycles. The molecule has 50 heavy (non-hydrogen) atoms. The third-order valence-corrected chi connectivity index (χ3v) is 11.7. The molecule has 1 aliphatic rings. The Morgan fingerprint density at radius 3 is 2.64 bits per heavy atom. The summed E-state index contributed by atoms with van der Waals surface area (Å²) in [5.74, 6) is 2.03. The van der Waals surface area contributed by atoms with Crippen LogP contribution in [0.5, 0.6) is 5.75 Å². The van der Waals surface area contributed by atoms with Crippen LogP contribution in [0.25, 0.3) is 32.8 Å². The molecule has 0 unspecified atom stereocenters. The lowest BCUT2D eigenvalue weighted by atomic mass is 9.98. The van der Waals surface area contributed by atoms with Crippen LogP contribution in [0.3, 0.4) is 0 Å². The number of thioether (sulfide) groups is 2. The summed E-state index contributed by atoms with van der Waals surface area (Å²) in [6.07, 6.45) is 1.19. The molecular formula is C38H41ClN6O3S2. The Kier molecular flexibility index (Phi) is 9.93. The molecule has 0 saturated carbocycles. The second-order valence-electron chi connectivity index (χ2n) is 13.1. The topological polar surface area (TPSA) is 90.3 Å². The maximum absolute atomic E-state index is 12.8. The van der Waals surface area contributed by atoms with Gasteiger partial charge in [0, 0.05) is 76.1 Å². The number of likely N-dealkylation sites (N-methyl/N-ethyl adjacent to an activating group) is 1. The quantitative estimate of drug-likeness (QED) is 0.194. The van der Waals surface area contributed by atoms with Gasteiger partial charge in [0.05, 0.1) is 35.1 Å². The molecule has 4 heterocycles. The standard InChI is InChI=1S/C38H41ClN6O3S2/c1-23-34-32(41-44(23)5)22-49-20-25-18-26(45(40-25)15-14-42(2)3)21-50-27-17-24-9-6-7-10-28(24)33(19-27)48-16-8-11-29-30-12-13-31(39)35(34)36(30)43(4)37(29)38(46)47/h6-7,9-10,12-13,17-19H,8,11,14-16,20-22H2,1-5H3,(H,46,47). The summed E-state index contributed by atoms with van der Waals surface area (Å²) in [6.45, 7) is 4.19. The molecule has 0 spiro atoms. The van der Waals surface area contributed by atoms with E-state index in [0.717, 1.165) is 90.7 Å². The highest BCUT2D eigenvalue weighted by Gasteiger charge is 2.27. The smallest absolute Gasteiger partial charge is 0.352 e. The first-order valence-electron chi connectivity index (χ1n) is 16.7. The van der Waals surface area contributed by atoms with E-state index in [1.165, 1.54) is 5.69 Å². The normalized spacial score (nSPS) is 14.2. The van der Waals surface area contributed by atoms with Crippen LogP contribution in [-0.2, 0) is 44.3 Å². The second-order valence-corrected chi connectivity index (χ2v) is 15.5. The summed E-state index contributed by atoms with van der Waals surface area (Å²) in [5, 5.41) is 24.1. The Morgan fingerprint density at radius 2 is 1.84 bits per heavy atom. The van der Waals surface area contributed by atoms with E-state index in [4.69, 9.17) is 26.5 Å². The van der Waals surface area contributed by atoms with Gasteiger partial charge in [0.25, 0.3) is 0 Å². The van der Waals surface area contributed by atoms with Crippen molar-refractivity contribution >= 4 is 62.8 Å². The summed E-state index contributed by atoms with van der Waals surface area (Å²) in [5.41, 5.74) is 7.75. The molecule has 0 amide bonds. The van der Waals surface area contributed by atoms with Crippen molar-refractivity contribution in [3.63, 3.8) is 0 Å². The summed E-state index contributed by atoms with van der Waals surface area (Å²) < 4.78 is 12.3. The molecule has 3 aromatic carbocycles. The molecule has 9 nitrogen and oxygen atoms in total. The van der Waals surface area contributed by atoms with Crippen molar-refractivity contribution < 1.29 is 14.6 Å². The molecule has 260 valence electrons. The van der Waals surface area contributed by atoms with Gasteiger partial charge in [-0.3, -0.25) is 9.36 Å². The van der Waals surface area contributed by atoms with E-state index in [1.807, 2.05) is 43.9 Å². The molecule has 12 heteroatoms. The predicted molar refractivity (Wildman–Crippen MR) is 205 cm³/mol. The number of aromatic carboxylic acids is 1. The second kappa shape index (κ2) is 14.4. The highest BCUT2D eigenvalue weighted by Crippen LogP contribution is 2.43. The monoisotopic (exact) mass is 728 g/mol. The predicted octanol–water partition coefficient (Wildman–Crippen LogP) is 8.20. The number of aromatic nitrogens is 5. The zero-order valence-electron chi connectivity index (χ0n) is 29.0. The van der Waals surface area contributed by atoms with Gasteiger partial charge < -0.3 is 19.3 Å². The summed E-state index contributed by atoms with van der Waals surface area (Å²) in [4.78, 5) is 16.1. The average Bonchev–Trinajstić information content (AvgIpc) is 3.71. The number of ether oxygens (including phenoxy) is 1. The zero-order chi connectivity index (χ0) is 35.1. The van der Waals surface area contributed by atoms with Gasteiger partial charge in [-0.05, 0) is 69.1 Å². The van der Waals surface area contributed by atoms with Crippen molar-refractivity contribution in [1.82, 2.24) is 29.0 Å². The fourth-order valence-electron chi connectivity index (χ4n) is 6.95. The number of fused-ring (bicyclic) bond motifs is 8. The Hall–Kier alpha value is -3.90. The third-order valence-electron chi connectivity index (χ3n) is 9.44. The fourth-order valence-corrected chi connectivity index (χ4v) is 8.99. The van der Waals surface area contributed by atoms with Gasteiger partial charge in [-0.25, -0.2) is 4.79 Å². The van der Waals surface area contributed by atoms with Crippen molar-refractivity contribution in [3.05, 3.63) is 93.7 Å². The number of hydrogen-bond acceptors (Lipinski definition) is 7. The molecule has 3 aromatic heterocycles. The molecule has 7 rings (SSSR count). The van der Waals surface area contributed by atoms with Gasteiger partial charge in [-0.2, -0.15) is 10.2 Å². The van der Waals surface area contributed by atoms with Gasteiger partial charge in [-0.15, -0.1) is 23.5 Å². The number of hydrogen-bond donors (Lipinski definition) is 1. The van der Waals surface area contributed by atoms with Crippen LogP contribution in [-0.4, -0.2) is 67.4 Å². The minimum absolute atomic E-state index is 0.271. The molecule has 6 aromatic rings. The lowest BCUT2D eigenvalue weighted by Crippen LogP contribution is -2.20. The highest BCUT2D eigenvalue weighted by atomic mass is 35.5. The average molecular weight is 729 g/mol. The summed E-state index contributed by atoms with van der Waals surface area (Å²) in [6, 6.07) is 18.7. The highest BCUT2D eigenvalue weighted by molar-refractivity contribution is 7.98. The van der Waals surface area contributed by atoms with Crippen molar-refractivity contribution in [2.45, 2.75) is 48.5 Å². The minimum Gasteiger partial charge on any atom is -0.493 e. The molecule has 0 radical (unpaired) electrons. The van der Waals surface area contributed by atoms with Crippen molar-refractivity contribution in [3.8, 4) is 16.9 Å². The first-order chi connectivity index (χ1) is 24.1. The maximum Gasteiger partial charge on any atom is 0.352 e. The van der Waals surface area contributed by atoms with Crippen LogP contribution < -0.4 is 4.74 Å². The number of benzene rings is 3. The van der Waals surface area contributed by atoms with Crippen LogP contribution in [0, 0.1) is 6.92 Å². The number of halogens is 1. The summed E-state index contributed by atoms with van der Waals surface area (Å²) >= 11 is 10.6. The van der Waals surface area contributed by atoms with Crippen molar-refractivity contribution in [2.75, 3.05) is 27.2 Å². The van der Waals surface area contributed by atoms with E-state index < -0.39 is 5.97 Å². The lowest BCUT2D eigenvalue weighted by Gasteiger charge is -2.14. The van der Waals surface area contributed by atoms with Gasteiger partial charge in [0.15, 0.2) is 0 Å². The zero-order valence-corrected chi connectivity index (χ0v) is 31.4. The fraction of sp³-hybridized carbons (Fsp3) is 0.342. The summed E-state index contributed by atoms with van der Waals surface area (Å²) in [7, 11) is 7.94. The van der Waals surface area contributed by atoms with Gasteiger partial charge >= 0.3 is 5.97 Å². The van der Waals surface area contributed by atoms with E-state index >= 15 is 0 Å². The molecule has 1 aliphatic heterocycles. The van der Waals surface area contributed by atoms with Crippen molar-refractivity contribution in [1.29, 1.82) is 0 Å². The van der Waals surface area contributed by atoms with Crippen LogP contribution >= 0.6 is 35.1 Å². The van der Waals surface area contributed by atoms with E-state index in [1.54, 1.807) is 28.1 Å². The van der Waals surface area contributed by atoms with E-state index in [2.05, 4.69) is 60.1 Å². The maximum atomic E-state index is 12.8. The lowest BCUT2D eigenvalue weighted by molar-refractivity contribution is 0.0685. The van der Waals surface area contributed by atoms with E-state index in [0.29, 0.717) is 30.2 Å². The molecule has 1 N–H and O–H groups in total. The first-order valence-corrected chi connectivity index (χ1v) is 19.2. The van der Waals surface area contributed by atoms with E-state index in [-0.39, 0.29) is 5.69 Å². The van der Waals surface area contributed by atoms with Crippen LogP contribution in [0.4, 0.5) is 0 Å². The number of carboxylic acids is 1. The van der Waals surface area contributed by atoms with Crippen LogP contribution in [0.2, 0.25) is 5.02 Å². The number of nitrogens with zero attached hydrogens (tertiary/aromatic N) is 6. The van der Waals surface area contributed by atoms with Crippen LogP contribution in [0.15, 0.2) is 59.5 Å². The first kappa shape index (κ1) is 34.5. The SMILES string of the molecule is Cc1c2c(nn1C)CSCc1cc(n(CCN(C)C)n1)CSc1cc(c3ccccc3c1)OCCCc1c(C(=O)O)n(C)c3c-2c(Cl)ccc13. The molecular weight excluding hydrogens is 688 g/mol. The number of carboxylic acid groups (broad SMARTS) is 1. The van der Waals surface area contributed by atoms with Crippen LogP contribution in [0.1, 0.15) is 45.2 Å². The Labute approximate surface area is 305 Å². The molecule has 0 fully saturated rings. The number of carbonyl (C=O) groups is 1. The molecule has 0 aliphatic carbocycles. The third kappa shape index (κ3) is 6.64. The molecule has 8 bridgehead atoms. The minimum atomic E-state index is -0.963.